The Bertz CT molecular complexity index is 313. The van der Waals surface area contributed by atoms with Crippen molar-refractivity contribution < 1.29 is 0 Å². The Hall–Kier alpha value is -0.130. The molecule has 0 aliphatic carbocycles. The molecule has 0 aliphatic heterocycles. The molecule has 1 unspecified atom stereocenters. The molecule has 0 fully saturated rings. The summed E-state index contributed by atoms with van der Waals surface area (Å²) in [7, 11) is 0. The molecule has 0 saturated heterocycles. The molecule has 16 heavy (non-hydrogen) atoms. The van der Waals surface area contributed by atoms with E-state index in [0.29, 0.717) is 0 Å². The van der Waals surface area contributed by atoms with Crippen LogP contribution in [0.1, 0.15) is 44.7 Å². The minimum absolute atomic E-state index is 0.284. The summed E-state index contributed by atoms with van der Waals surface area (Å²) >= 11 is 2.37. The number of nitrogens with two attached hydrogens (primary N) is 1. The maximum Gasteiger partial charge on any atom is 0.0470 e. The minimum Gasteiger partial charge on any atom is -0.271 e. The van der Waals surface area contributed by atoms with Crippen LogP contribution in [0.15, 0.2) is 24.3 Å². The van der Waals surface area contributed by atoms with Crippen LogP contribution >= 0.6 is 22.6 Å². The van der Waals surface area contributed by atoms with Gasteiger partial charge in [-0.2, -0.15) is 0 Å². The molecular formula is C13H21IN2. The summed E-state index contributed by atoms with van der Waals surface area (Å²) in [6.07, 6.45) is 3.59. The van der Waals surface area contributed by atoms with Gasteiger partial charge >= 0.3 is 0 Å². The van der Waals surface area contributed by atoms with Crippen LogP contribution < -0.4 is 11.3 Å². The second-order valence-corrected chi connectivity index (χ2v) is 5.73. The first-order valence-corrected chi connectivity index (χ1v) is 6.93. The molecule has 1 aromatic carbocycles. The second-order valence-electron chi connectivity index (χ2n) is 4.57. The quantitative estimate of drug-likeness (QED) is 0.474. The van der Waals surface area contributed by atoms with E-state index in [2.05, 4.69) is 66.1 Å². The van der Waals surface area contributed by atoms with Crippen molar-refractivity contribution in [2.24, 2.45) is 11.8 Å². The van der Waals surface area contributed by atoms with Crippen molar-refractivity contribution in [2.45, 2.75) is 39.2 Å². The topological polar surface area (TPSA) is 38.0 Å². The SMILES string of the molecule is CC(C)CCCC(NN)c1ccccc1I. The van der Waals surface area contributed by atoms with Crippen LogP contribution in [-0.2, 0) is 0 Å². The van der Waals surface area contributed by atoms with E-state index in [1.165, 1.54) is 22.0 Å². The largest absolute Gasteiger partial charge is 0.271 e. The van der Waals surface area contributed by atoms with E-state index in [9.17, 15) is 0 Å². The highest BCUT2D eigenvalue weighted by Gasteiger charge is 2.12. The molecule has 3 N–H and O–H groups in total. The summed E-state index contributed by atoms with van der Waals surface area (Å²) in [5.74, 6) is 6.41. The average Bonchev–Trinajstić information content (AvgIpc) is 2.25. The Labute approximate surface area is 112 Å². The fourth-order valence-electron chi connectivity index (χ4n) is 1.82. The van der Waals surface area contributed by atoms with Gasteiger partial charge in [0, 0.05) is 9.61 Å². The highest BCUT2D eigenvalue weighted by Crippen LogP contribution is 2.24. The van der Waals surface area contributed by atoms with E-state index in [-0.39, 0.29) is 6.04 Å². The van der Waals surface area contributed by atoms with Crippen molar-refractivity contribution in [3.8, 4) is 0 Å². The number of hydrogen-bond donors (Lipinski definition) is 2. The van der Waals surface area contributed by atoms with Crippen molar-refractivity contribution in [1.82, 2.24) is 5.43 Å². The number of hydrogen-bond acceptors (Lipinski definition) is 2. The lowest BCUT2D eigenvalue weighted by Crippen LogP contribution is -2.28. The highest BCUT2D eigenvalue weighted by molar-refractivity contribution is 14.1. The number of halogens is 1. The molecule has 0 heterocycles. The van der Waals surface area contributed by atoms with Gasteiger partial charge in [-0.3, -0.25) is 11.3 Å². The molecule has 1 rings (SSSR count). The average molecular weight is 332 g/mol. The molecule has 0 amide bonds. The number of nitrogens with one attached hydrogen (secondary N) is 1. The summed E-state index contributed by atoms with van der Waals surface area (Å²) in [5.41, 5.74) is 4.24. The number of rotatable bonds is 6. The summed E-state index contributed by atoms with van der Waals surface area (Å²) in [4.78, 5) is 0. The zero-order chi connectivity index (χ0) is 12.0. The normalized spacial score (nSPS) is 13.1. The first-order chi connectivity index (χ1) is 7.65. The molecule has 0 aliphatic rings. The van der Waals surface area contributed by atoms with Crippen LogP contribution in [0, 0.1) is 9.49 Å². The summed E-state index contributed by atoms with van der Waals surface area (Å²) in [6, 6.07) is 8.70. The molecule has 0 spiro atoms. The number of benzene rings is 1. The van der Waals surface area contributed by atoms with Crippen LogP contribution in [0.5, 0.6) is 0 Å². The Morgan fingerprint density at radius 1 is 1.25 bits per heavy atom. The van der Waals surface area contributed by atoms with Crippen LogP contribution in [0.4, 0.5) is 0 Å². The molecule has 0 saturated carbocycles. The predicted molar refractivity (Wildman–Crippen MR) is 77.9 cm³/mol. The van der Waals surface area contributed by atoms with Gasteiger partial charge in [-0.1, -0.05) is 44.9 Å². The Balaban J connectivity index is 2.57. The molecule has 2 nitrogen and oxygen atoms in total. The zero-order valence-corrected chi connectivity index (χ0v) is 12.2. The van der Waals surface area contributed by atoms with Gasteiger partial charge in [0.1, 0.15) is 0 Å². The monoisotopic (exact) mass is 332 g/mol. The molecule has 0 bridgehead atoms. The first-order valence-electron chi connectivity index (χ1n) is 5.85. The van der Waals surface area contributed by atoms with Crippen LogP contribution in [-0.4, -0.2) is 0 Å². The van der Waals surface area contributed by atoms with Gasteiger partial charge in [0.05, 0.1) is 0 Å². The molecule has 3 heteroatoms. The third-order valence-electron chi connectivity index (χ3n) is 2.76. The fraction of sp³-hybridized carbons (Fsp3) is 0.538. The van der Waals surface area contributed by atoms with Gasteiger partial charge in [0.15, 0.2) is 0 Å². The summed E-state index contributed by atoms with van der Waals surface area (Å²) in [5, 5.41) is 0. The molecule has 0 radical (unpaired) electrons. The van der Waals surface area contributed by atoms with Crippen molar-refractivity contribution in [1.29, 1.82) is 0 Å². The van der Waals surface area contributed by atoms with Crippen molar-refractivity contribution in [2.75, 3.05) is 0 Å². The van der Waals surface area contributed by atoms with E-state index >= 15 is 0 Å². The van der Waals surface area contributed by atoms with Crippen LogP contribution in [0.25, 0.3) is 0 Å². The molecular weight excluding hydrogens is 311 g/mol. The first kappa shape index (κ1) is 13.9. The zero-order valence-electron chi connectivity index (χ0n) is 10.0. The number of hydrazine groups is 1. The summed E-state index contributed by atoms with van der Waals surface area (Å²) < 4.78 is 1.28. The standard InChI is InChI=1S/C13H21IN2/c1-10(2)6-5-9-13(16-15)11-7-3-4-8-12(11)14/h3-4,7-8,10,13,16H,5-6,9,15H2,1-2H3. The van der Waals surface area contributed by atoms with E-state index in [1.807, 2.05) is 0 Å². The van der Waals surface area contributed by atoms with Crippen molar-refractivity contribution >= 4 is 22.6 Å². The molecule has 1 aromatic rings. The predicted octanol–water partition coefficient (Wildman–Crippen LogP) is 3.62. The lowest BCUT2D eigenvalue weighted by atomic mass is 9.98. The maximum absolute atomic E-state index is 5.64. The van der Waals surface area contributed by atoms with Gasteiger partial charge in [-0.25, -0.2) is 0 Å². The van der Waals surface area contributed by atoms with Crippen LogP contribution in [0.3, 0.4) is 0 Å². The highest BCUT2D eigenvalue weighted by atomic mass is 127. The van der Waals surface area contributed by atoms with E-state index in [1.54, 1.807) is 0 Å². The maximum atomic E-state index is 5.64. The smallest absolute Gasteiger partial charge is 0.0470 e. The molecule has 1 atom stereocenters. The fourth-order valence-corrected chi connectivity index (χ4v) is 2.58. The van der Waals surface area contributed by atoms with Crippen molar-refractivity contribution in [3.05, 3.63) is 33.4 Å². The van der Waals surface area contributed by atoms with Gasteiger partial charge in [0.2, 0.25) is 0 Å². The second kappa shape index (κ2) is 7.25. The Morgan fingerprint density at radius 2 is 1.94 bits per heavy atom. The third-order valence-corrected chi connectivity index (χ3v) is 3.74. The van der Waals surface area contributed by atoms with E-state index in [4.69, 9.17) is 5.84 Å². The third kappa shape index (κ3) is 4.39. The summed E-state index contributed by atoms with van der Waals surface area (Å²) in [6.45, 7) is 4.52. The molecule has 0 aromatic heterocycles. The molecule has 90 valence electrons. The Morgan fingerprint density at radius 3 is 2.50 bits per heavy atom. The minimum atomic E-state index is 0.284. The van der Waals surface area contributed by atoms with E-state index in [0.717, 1.165) is 12.3 Å². The van der Waals surface area contributed by atoms with Crippen molar-refractivity contribution in [3.63, 3.8) is 0 Å². The van der Waals surface area contributed by atoms with Gasteiger partial charge < -0.3 is 0 Å². The van der Waals surface area contributed by atoms with Gasteiger partial charge in [-0.15, -0.1) is 0 Å². The Kier molecular flexibility index (Phi) is 6.31. The lowest BCUT2D eigenvalue weighted by molar-refractivity contribution is 0.454. The van der Waals surface area contributed by atoms with Crippen LogP contribution in [0.2, 0.25) is 0 Å². The lowest BCUT2D eigenvalue weighted by Gasteiger charge is -2.18. The van der Waals surface area contributed by atoms with E-state index < -0.39 is 0 Å². The van der Waals surface area contributed by atoms with Gasteiger partial charge in [0.25, 0.3) is 0 Å². The van der Waals surface area contributed by atoms with Gasteiger partial charge in [-0.05, 0) is 46.6 Å².